The minimum absolute atomic E-state index is 0.122. The third-order valence-electron chi connectivity index (χ3n) is 2.20. The van der Waals surface area contributed by atoms with Gasteiger partial charge in [-0.1, -0.05) is 6.92 Å². The van der Waals surface area contributed by atoms with E-state index in [1.807, 2.05) is 0 Å². The van der Waals surface area contributed by atoms with Crippen LogP contribution in [0.3, 0.4) is 0 Å². The van der Waals surface area contributed by atoms with Crippen molar-refractivity contribution in [1.82, 2.24) is 4.90 Å². The van der Waals surface area contributed by atoms with Crippen LogP contribution >= 0.6 is 0 Å². The lowest BCUT2D eigenvalue weighted by atomic mass is 10.2. The first-order valence-corrected chi connectivity index (χ1v) is 5.01. The molecule has 0 radical (unpaired) electrons. The summed E-state index contributed by atoms with van der Waals surface area (Å²) in [6.07, 6.45) is 1.26. The highest BCUT2D eigenvalue weighted by Crippen LogP contribution is 2.22. The Morgan fingerprint density at radius 2 is 2.08 bits per heavy atom. The molecule has 13 heavy (non-hydrogen) atoms. The maximum Gasteiger partial charge on any atom is 0.182 e. The zero-order chi connectivity index (χ0) is 10.1. The van der Waals surface area contributed by atoms with Crippen LogP contribution in [0.1, 0.15) is 34.1 Å². The Labute approximate surface area is 81.6 Å². The predicted molar refractivity (Wildman–Crippen MR) is 55.3 cm³/mol. The summed E-state index contributed by atoms with van der Waals surface area (Å²) in [7, 11) is 0. The molecule has 0 aromatic heterocycles. The van der Waals surface area contributed by atoms with Crippen LogP contribution in [-0.2, 0) is 4.74 Å². The molecule has 0 bridgehead atoms. The maximum absolute atomic E-state index is 5.70. The molecule has 1 aliphatic rings. The Morgan fingerprint density at radius 1 is 1.46 bits per heavy atom. The van der Waals surface area contributed by atoms with Crippen molar-refractivity contribution in [2.45, 2.75) is 39.7 Å². The van der Waals surface area contributed by atoms with E-state index in [1.54, 1.807) is 0 Å². The molecule has 1 heterocycles. The first-order chi connectivity index (χ1) is 5.88. The van der Waals surface area contributed by atoms with E-state index < -0.39 is 0 Å². The van der Waals surface area contributed by atoms with Gasteiger partial charge in [-0.3, -0.25) is 0 Å². The fraction of sp³-hybridized carbons (Fsp3) is 0.818. The average molecular weight is 183 g/mol. The fourth-order valence-electron chi connectivity index (χ4n) is 1.58. The zero-order valence-corrected chi connectivity index (χ0v) is 9.26. The Morgan fingerprint density at radius 3 is 2.46 bits per heavy atom. The van der Waals surface area contributed by atoms with Crippen LogP contribution in [0.2, 0.25) is 0 Å². The van der Waals surface area contributed by atoms with Crippen LogP contribution < -0.4 is 0 Å². The number of ether oxygens (including phenoxy) is 1. The second kappa shape index (κ2) is 3.60. The normalized spacial score (nSPS) is 23.4. The first kappa shape index (κ1) is 10.4. The number of hydrogen-bond acceptors (Lipinski definition) is 2. The van der Waals surface area contributed by atoms with Crippen molar-refractivity contribution >= 4 is 0 Å². The van der Waals surface area contributed by atoms with E-state index in [0.29, 0.717) is 0 Å². The fourth-order valence-corrected chi connectivity index (χ4v) is 1.58. The molecule has 1 aliphatic heterocycles. The number of likely N-dealkylation sites (tertiary alicyclic amines) is 1. The van der Waals surface area contributed by atoms with Crippen LogP contribution in [0.5, 0.6) is 0 Å². The van der Waals surface area contributed by atoms with E-state index in [4.69, 9.17) is 4.74 Å². The summed E-state index contributed by atoms with van der Waals surface area (Å²) in [5.41, 5.74) is -0.122. The molecule has 0 saturated carbocycles. The van der Waals surface area contributed by atoms with Gasteiger partial charge in [0.15, 0.2) is 5.88 Å². The molecular formula is C11H21NO. The average Bonchev–Trinajstić information content (AvgIpc) is 2.31. The molecular weight excluding hydrogens is 162 g/mol. The molecule has 1 saturated heterocycles. The second-order valence-electron chi connectivity index (χ2n) is 4.95. The van der Waals surface area contributed by atoms with Crippen molar-refractivity contribution in [3.05, 3.63) is 12.5 Å². The van der Waals surface area contributed by atoms with Gasteiger partial charge in [0.25, 0.3) is 0 Å². The van der Waals surface area contributed by atoms with Crippen LogP contribution in [0.15, 0.2) is 12.5 Å². The molecule has 2 nitrogen and oxygen atoms in total. The van der Waals surface area contributed by atoms with Gasteiger partial charge in [0.2, 0.25) is 0 Å². The van der Waals surface area contributed by atoms with Crippen molar-refractivity contribution < 1.29 is 4.74 Å². The molecule has 2 heteroatoms. The van der Waals surface area contributed by atoms with Gasteiger partial charge in [0, 0.05) is 13.1 Å². The predicted octanol–water partition coefficient (Wildman–Crippen LogP) is 2.61. The smallest absolute Gasteiger partial charge is 0.182 e. The molecule has 0 aromatic rings. The van der Waals surface area contributed by atoms with Crippen molar-refractivity contribution in [1.29, 1.82) is 0 Å². The molecule has 0 N–H and O–H groups in total. The van der Waals surface area contributed by atoms with Crippen molar-refractivity contribution in [3.63, 3.8) is 0 Å². The minimum atomic E-state index is -0.122. The lowest BCUT2D eigenvalue weighted by Crippen LogP contribution is -2.28. The summed E-state index contributed by atoms with van der Waals surface area (Å²) in [6, 6.07) is 0. The summed E-state index contributed by atoms with van der Waals surface area (Å²) < 4.78 is 5.70. The van der Waals surface area contributed by atoms with Gasteiger partial charge < -0.3 is 9.64 Å². The SMILES string of the molecule is C=C(OC(C)(C)C)N1CCC(C)C1. The Bertz CT molecular complexity index is 193. The van der Waals surface area contributed by atoms with Crippen molar-refractivity contribution in [2.75, 3.05) is 13.1 Å². The highest BCUT2D eigenvalue weighted by Gasteiger charge is 2.23. The Balaban J connectivity index is 2.41. The lowest BCUT2D eigenvalue weighted by Gasteiger charge is -2.28. The van der Waals surface area contributed by atoms with Crippen molar-refractivity contribution in [3.8, 4) is 0 Å². The van der Waals surface area contributed by atoms with Crippen LogP contribution in [0.4, 0.5) is 0 Å². The van der Waals surface area contributed by atoms with E-state index >= 15 is 0 Å². The van der Waals surface area contributed by atoms with E-state index in [0.717, 1.165) is 24.9 Å². The van der Waals surface area contributed by atoms with Crippen LogP contribution in [-0.4, -0.2) is 23.6 Å². The van der Waals surface area contributed by atoms with E-state index in [1.165, 1.54) is 6.42 Å². The third kappa shape index (κ3) is 3.29. The highest BCUT2D eigenvalue weighted by molar-refractivity contribution is 4.90. The van der Waals surface area contributed by atoms with Crippen LogP contribution in [0.25, 0.3) is 0 Å². The third-order valence-corrected chi connectivity index (χ3v) is 2.20. The lowest BCUT2D eigenvalue weighted by molar-refractivity contribution is 0.00818. The maximum atomic E-state index is 5.70. The number of hydrogen-bond donors (Lipinski definition) is 0. The highest BCUT2D eigenvalue weighted by atomic mass is 16.5. The monoisotopic (exact) mass is 183 g/mol. The molecule has 1 rings (SSSR count). The van der Waals surface area contributed by atoms with Gasteiger partial charge in [-0.2, -0.15) is 0 Å². The summed E-state index contributed by atoms with van der Waals surface area (Å²) >= 11 is 0. The summed E-state index contributed by atoms with van der Waals surface area (Å²) in [6.45, 7) is 14.6. The first-order valence-electron chi connectivity index (χ1n) is 5.01. The molecule has 1 unspecified atom stereocenters. The van der Waals surface area contributed by atoms with Gasteiger partial charge in [-0.25, -0.2) is 0 Å². The van der Waals surface area contributed by atoms with Gasteiger partial charge in [0.1, 0.15) is 5.60 Å². The molecule has 0 spiro atoms. The molecule has 0 aromatic carbocycles. The minimum Gasteiger partial charge on any atom is -0.474 e. The summed E-state index contributed by atoms with van der Waals surface area (Å²) in [5.74, 6) is 1.61. The number of rotatable bonds is 2. The Hall–Kier alpha value is -0.660. The standard InChI is InChI=1S/C11H21NO/c1-9-6-7-12(8-9)10(2)13-11(3,4)5/h9H,2,6-8H2,1,3-5H3. The summed E-state index contributed by atoms with van der Waals surface area (Å²) in [4.78, 5) is 2.23. The Kier molecular flexibility index (Phi) is 2.89. The van der Waals surface area contributed by atoms with Crippen LogP contribution in [0, 0.1) is 5.92 Å². The zero-order valence-electron chi connectivity index (χ0n) is 9.26. The number of nitrogens with zero attached hydrogens (tertiary/aromatic N) is 1. The van der Waals surface area contributed by atoms with E-state index in [2.05, 4.69) is 39.2 Å². The largest absolute Gasteiger partial charge is 0.474 e. The van der Waals surface area contributed by atoms with E-state index in [9.17, 15) is 0 Å². The van der Waals surface area contributed by atoms with Gasteiger partial charge in [0.05, 0.1) is 0 Å². The molecule has 0 aliphatic carbocycles. The molecule has 76 valence electrons. The second-order valence-corrected chi connectivity index (χ2v) is 4.95. The van der Waals surface area contributed by atoms with Gasteiger partial charge in [-0.05, 0) is 39.7 Å². The van der Waals surface area contributed by atoms with Gasteiger partial charge in [-0.15, -0.1) is 0 Å². The molecule has 0 amide bonds. The van der Waals surface area contributed by atoms with E-state index in [-0.39, 0.29) is 5.60 Å². The molecule has 1 atom stereocenters. The topological polar surface area (TPSA) is 12.5 Å². The molecule has 1 fully saturated rings. The summed E-state index contributed by atoms with van der Waals surface area (Å²) in [5, 5.41) is 0. The quantitative estimate of drug-likeness (QED) is 0.610. The van der Waals surface area contributed by atoms with Crippen molar-refractivity contribution in [2.24, 2.45) is 5.92 Å². The van der Waals surface area contributed by atoms with Gasteiger partial charge >= 0.3 is 0 Å².